The van der Waals surface area contributed by atoms with Crippen LogP contribution < -0.4 is 0 Å². The molecular weight excluding hydrogens is 805 g/mol. The monoisotopic (exact) mass is 907 g/mol. The largest absolute Gasteiger partial charge is 0.462 e. The predicted molar refractivity (Wildman–Crippen MR) is 279 cm³/mol. The normalized spacial score (nSPS) is 12.6. The van der Waals surface area contributed by atoms with Gasteiger partial charge in [-0.3, -0.25) is 14.4 Å². The van der Waals surface area contributed by atoms with Crippen molar-refractivity contribution in [1.82, 2.24) is 0 Å². The molecule has 6 heteroatoms. The van der Waals surface area contributed by atoms with Crippen LogP contribution in [0, 0.1) is 0 Å². The molecule has 0 rings (SSSR count). The van der Waals surface area contributed by atoms with Crippen molar-refractivity contribution in [3.05, 3.63) is 72.9 Å². The van der Waals surface area contributed by atoms with Crippen molar-refractivity contribution in [1.29, 1.82) is 0 Å². The third-order valence-corrected chi connectivity index (χ3v) is 11.7. The first-order valence-corrected chi connectivity index (χ1v) is 27.4. The average Bonchev–Trinajstić information content (AvgIpc) is 3.30. The van der Waals surface area contributed by atoms with Gasteiger partial charge >= 0.3 is 17.9 Å². The Kier molecular flexibility index (Phi) is 50.9. The van der Waals surface area contributed by atoms with Crippen molar-refractivity contribution < 1.29 is 28.6 Å². The molecule has 0 unspecified atom stereocenters. The summed E-state index contributed by atoms with van der Waals surface area (Å²) in [6, 6.07) is 0. The Morgan fingerprint density at radius 3 is 0.938 bits per heavy atom. The lowest BCUT2D eigenvalue weighted by molar-refractivity contribution is -0.166. The van der Waals surface area contributed by atoms with Crippen LogP contribution in [0.5, 0.6) is 0 Å². The van der Waals surface area contributed by atoms with Crippen molar-refractivity contribution in [2.24, 2.45) is 0 Å². The van der Waals surface area contributed by atoms with Gasteiger partial charge in [0, 0.05) is 19.3 Å². The van der Waals surface area contributed by atoms with Crippen LogP contribution in [-0.2, 0) is 28.6 Å². The minimum absolute atomic E-state index is 0.0956. The van der Waals surface area contributed by atoms with E-state index in [4.69, 9.17) is 14.2 Å². The van der Waals surface area contributed by atoms with E-state index in [0.717, 1.165) is 77.0 Å². The molecule has 374 valence electrons. The third-order valence-electron chi connectivity index (χ3n) is 11.7. The summed E-state index contributed by atoms with van der Waals surface area (Å²) in [5.74, 6) is -0.979. The second kappa shape index (κ2) is 53.5. The Labute approximate surface area is 402 Å². The van der Waals surface area contributed by atoms with Gasteiger partial charge in [0.1, 0.15) is 13.2 Å². The molecule has 0 aliphatic heterocycles. The Morgan fingerprint density at radius 2 is 0.600 bits per heavy atom. The number of esters is 3. The Morgan fingerprint density at radius 1 is 0.323 bits per heavy atom. The highest BCUT2D eigenvalue weighted by molar-refractivity contribution is 5.71. The van der Waals surface area contributed by atoms with E-state index < -0.39 is 6.10 Å². The molecule has 1 atom stereocenters. The predicted octanol–water partition coefficient (Wildman–Crippen LogP) is 18.2. The smallest absolute Gasteiger partial charge is 0.306 e. The minimum Gasteiger partial charge on any atom is -0.462 e. The second-order valence-corrected chi connectivity index (χ2v) is 18.1. The van der Waals surface area contributed by atoms with Gasteiger partial charge in [0.15, 0.2) is 6.10 Å². The van der Waals surface area contributed by atoms with E-state index in [-0.39, 0.29) is 37.5 Å². The highest BCUT2D eigenvalue weighted by Gasteiger charge is 2.19. The molecule has 0 spiro atoms. The second-order valence-electron chi connectivity index (χ2n) is 18.1. The summed E-state index contributed by atoms with van der Waals surface area (Å²) < 4.78 is 16.7. The number of hydrogen-bond donors (Lipinski definition) is 0. The van der Waals surface area contributed by atoms with Crippen molar-refractivity contribution in [2.75, 3.05) is 13.2 Å². The molecule has 0 saturated heterocycles. The van der Waals surface area contributed by atoms with E-state index in [2.05, 4.69) is 87.6 Å². The Bertz CT molecular complexity index is 1230. The first kappa shape index (κ1) is 61.9. The van der Waals surface area contributed by atoms with Crippen LogP contribution >= 0.6 is 0 Å². The number of unbranched alkanes of at least 4 members (excludes halogenated alkanes) is 26. The van der Waals surface area contributed by atoms with E-state index >= 15 is 0 Å². The summed E-state index contributed by atoms with van der Waals surface area (Å²) in [7, 11) is 0. The van der Waals surface area contributed by atoms with Gasteiger partial charge in [0.25, 0.3) is 0 Å². The highest BCUT2D eigenvalue weighted by atomic mass is 16.6. The summed E-state index contributed by atoms with van der Waals surface area (Å²) >= 11 is 0. The van der Waals surface area contributed by atoms with Crippen LogP contribution in [0.15, 0.2) is 72.9 Å². The zero-order chi connectivity index (χ0) is 47.2. The number of ether oxygens (including phenoxy) is 3. The molecule has 0 saturated carbocycles. The molecule has 0 heterocycles. The molecule has 0 fully saturated rings. The fourth-order valence-corrected chi connectivity index (χ4v) is 7.65. The van der Waals surface area contributed by atoms with E-state index in [1.807, 2.05) is 6.08 Å². The number of carbonyl (C=O) groups is 3. The maximum atomic E-state index is 12.8. The Balaban J connectivity index is 4.38. The van der Waals surface area contributed by atoms with E-state index in [1.165, 1.54) is 141 Å². The summed E-state index contributed by atoms with van der Waals surface area (Å²) in [5, 5.41) is 0. The molecule has 0 aromatic heterocycles. The van der Waals surface area contributed by atoms with Crippen LogP contribution in [0.2, 0.25) is 0 Å². The minimum atomic E-state index is -0.801. The fraction of sp³-hybridized carbons (Fsp3) is 0.746. The van der Waals surface area contributed by atoms with E-state index in [9.17, 15) is 14.4 Å². The molecule has 0 aliphatic carbocycles. The van der Waals surface area contributed by atoms with Crippen molar-refractivity contribution in [3.8, 4) is 0 Å². The molecule has 0 N–H and O–H groups in total. The van der Waals surface area contributed by atoms with Crippen LogP contribution in [0.4, 0.5) is 0 Å². The fourth-order valence-electron chi connectivity index (χ4n) is 7.65. The average molecular weight is 907 g/mol. The standard InChI is InChI=1S/C59H102O6/c1-4-7-10-13-16-19-21-23-25-27-29-31-33-35-37-40-43-46-49-52-58(61)64-55-56(54-63-57(60)51-48-45-42-39-18-15-12-9-6-3)65-59(62)53-50-47-44-41-38-36-34-32-30-28-26-24-22-20-17-14-11-8-5-2/h7,10,16,19,23,25,29,31,35,37,43,46,56H,4-6,8-9,11-15,17-18,20-22,24,26-28,30,32-34,36,38-42,44-45,47-55H2,1-3H3/b10-7-,19-16-,25-23-,31-29-,37-35-,46-43-/t56-/m0/s1. The molecule has 0 amide bonds. The number of carbonyl (C=O) groups excluding carboxylic acids is 3. The quantitative estimate of drug-likeness (QED) is 0.0262. The van der Waals surface area contributed by atoms with Crippen LogP contribution in [0.25, 0.3) is 0 Å². The van der Waals surface area contributed by atoms with Gasteiger partial charge in [-0.2, -0.15) is 0 Å². The first-order chi connectivity index (χ1) is 32.0. The zero-order valence-electron chi connectivity index (χ0n) is 42.7. The van der Waals surface area contributed by atoms with Crippen molar-refractivity contribution in [3.63, 3.8) is 0 Å². The van der Waals surface area contributed by atoms with Crippen LogP contribution in [0.3, 0.4) is 0 Å². The van der Waals surface area contributed by atoms with Crippen molar-refractivity contribution in [2.45, 2.75) is 271 Å². The number of hydrogen-bond acceptors (Lipinski definition) is 6. The summed E-state index contributed by atoms with van der Waals surface area (Å²) in [6.45, 7) is 6.46. The Hall–Kier alpha value is -3.15. The van der Waals surface area contributed by atoms with Crippen LogP contribution in [-0.4, -0.2) is 37.2 Å². The lowest BCUT2D eigenvalue weighted by Gasteiger charge is -2.18. The molecule has 0 aromatic carbocycles. The topological polar surface area (TPSA) is 78.9 Å². The van der Waals surface area contributed by atoms with E-state index in [1.54, 1.807) is 0 Å². The summed E-state index contributed by atoms with van der Waals surface area (Å²) in [4.78, 5) is 37.9. The van der Waals surface area contributed by atoms with E-state index in [0.29, 0.717) is 19.3 Å². The molecule has 65 heavy (non-hydrogen) atoms. The molecule has 6 nitrogen and oxygen atoms in total. The molecule has 0 bridgehead atoms. The first-order valence-electron chi connectivity index (χ1n) is 27.4. The van der Waals surface area contributed by atoms with Gasteiger partial charge in [-0.15, -0.1) is 0 Å². The zero-order valence-corrected chi connectivity index (χ0v) is 42.7. The third kappa shape index (κ3) is 51.7. The lowest BCUT2D eigenvalue weighted by Crippen LogP contribution is -2.30. The van der Waals surface area contributed by atoms with Gasteiger partial charge < -0.3 is 14.2 Å². The van der Waals surface area contributed by atoms with Gasteiger partial charge in [-0.25, -0.2) is 0 Å². The SMILES string of the molecule is CC/C=C\C/C=C\C/C=C\C/C=C\C/C=C\C/C=C\CCC(=O)OC[C@H](COC(=O)CCCCCCCCCCC)OC(=O)CCCCCCCCCCCCCCCCCCCCC. The molecular formula is C59H102O6. The van der Waals surface area contributed by atoms with Crippen LogP contribution in [0.1, 0.15) is 265 Å². The lowest BCUT2D eigenvalue weighted by atomic mass is 10.0. The summed E-state index contributed by atoms with van der Waals surface area (Å²) in [6.07, 6.45) is 67.7. The molecule has 0 aliphatic rings. The maximum absolute atomic E-state index is 12.8. The number of rotatable bonds is 49. The van der Waals surface area contributed by atoms with Gasteiger partial charge in [0.05, 0.1) is 0 Å². The van der Waals surface area contributed by atoms with Gasteiger partial charge in [-0.1, -0.05) is 261 Å². The number of allylic oxidation sites excluding steroid dienone is 12. The molecule has 0 radical (unpaired) electrons. The summed E-state index contributed by atoms with van der Waals surface area (Å²) in [5.41, 5.74) is 0. The highest BCUT2D eigenvalue weighted by Crippen LogP contribution is 2.16. The maximum Gasteiger partial charge on any atom is 0.306 e. The van der Waals surface area contributed by atoms with Crippen molar-refractivity contribution >= 4 is 17.9 Å². The van der Waals surface area contributed by atoms with Gasteiger partial charge in [0.2, 0.25) is 0 Å². The molecule has 0 aromatic rings. The van der Waals surface area contributed by atoms with Gasteiger partial charge in [-0.05, 0) is 57.8 Å².